The third kappa shape index (κ3) is 7.25. The SMILES string of the molecule is COC(=O)c1cc([C@@H](CO)N2C(=O)C(CC(C)(C)C)(c3ccc(Br)cc3F)NC2=NC(=O)OC(C)(C)C)ccc1Cl. The molecule has 1 aliphatic rings. The van der Waals surface area contributed by atoms with Gasteiger partial charge in [0.2, 0.25) is 5.96 Å². The average molecular weight is 655 g/mol. The maximum atomic E-state index is 15.6. The molecule has 1 heterocycles. The van der Waals surface area contributed by atoms with Crippen LogP contribution in [-0.2, 0) is 19.8 Å². The summed E-state index contributed by atoms with van der Waals surface area (Å²) in [5.74, 6) is -2.29. The van der Waals surface area contributed by atoms with E-state index < -0.39 is 53.0 Å². The Morgan fingerprint density at radius 3 is 2.37 bits per heavy atom. The maximum absolute atomic E-state index is 15.6. The Bertz CT molecular complexity index is 1390. The number of halogens is 3. The summed E-state index contributed by atoms with van der Waals surface area (Å²) in [5.41, 5.74) is -2.79. The number of nitrogens with zero attached hydrogens (tertiary/aromatic N) is 2. The van der Waals surface area contributed by atoms with Crippen LogP contribution in [0.25, 0.3) is 0 Å². The highest BCUT2D eigenvalue weighted by Gasteiger charge is 2.56. The van der Waals surface area contributed by atoms with Crippen LogP contribution in [0.1, 0.15) is 75.5 Å². The number of aliphatic hydroxyl groups excluding tert-OH is 1. The number of aliphatic imine (C=N–C) groups is 1. The zero-order valence-electron chi connectivity index (χ0n) is 24.0. The molecule has 1 saturated heterocycles. The van der Waals surface area contributed by atoms with Crippen LogP contribution in [0, 0.1) is 11.2 Å². The van der Waals surface area contributed by atoms with Crippen LogP contribution in [-0.4, -0.2) is 53.3 Å². The van der Waals surface area contributed by atoms with Crippen molar-refractivity contribution in [1.82, 2.24) is 10.2 Å². The lowest BCUT2D eigenvalue weighted by Gasteiger charge is -2.35. The van der Waals surface area contributed by atoms with Gasteiger partial charge in [-0.15, -0.1) is 4.99 Å². The van der Waals surface area contributed by atoms with Gasteiger partial charge in [-0.05, 0) is 62.4 Å². The molecule has 2 amide bonds. The standard InChI is InChI=1S/C29H34BrClFN3O6/c1-27(2,3)15-29(19-10-9-17(30)13-21(19)32)24(38)35(25(34-29)33-26(39)41-28(4,5)6)22(14-36)16-8-11-20(31)18(12-16)23(37)40-7/h8-13,22,36H,14-15H2,1-7H3,(H,33,34,39)/t22-,29?/m1/s1. The van der Waals surface area contributed by atoms with E-state index in [0.717, 1.165) is 4.90 Å². The molecule has 0 spiro atoms. The van der Waals surface area contributed by atoms with Crippen LogP contribution in [0.3, 0.4) is 0 Å². The van der Waals surface area contributed by atoms with Crippen molar-refractivity contribution in [2.75, 3.05) is 13.7 Å². The number of guanidine groups is 1. The molecule has 0 bridgehead atoms. The van der Waals surface area contributed by atoms with Crippen molar-refractivity contribution in [3.8, 4) is 0 Å². The number of amides is 2. The molecule has 3 rings (SSSR count). The minimum absolute atomic E-state index is 0.00950. The smallest absolute Gasteiger partial charge is 0.437 e. The van der Waals surface area contributed by atoms with Crippen LogP contribution in [0.4, 0.5) is 9.18 Å². The number of esters is 1. The van der Waals surface area contributed by atoms with E-state index >= 15 is 4.39 Å². The first-order valence-corrected chi connectivity index (χ1v) is 14.0. The molecule has 1 unspecified atom stereocenters. The van der Waals surface area contributed by atoms with E-state index in [9.17, 15) is 19.5 Å². The molecule has 2 N–H and O–H groups in total. The molecule has 0 aliphatic carbocycles. The fraction of sp³-hybridized carbons (Fsp3) is 0.448. The Morgan fingerprint density at radius 1 is 1.17 bits per heavy atom. The first-order chi connectivity index (χ1) is 18.9. The Balaban J connectivity index is 2.29. The third-order valence-electron chi connectivity index (χ3n) is 6.18. The number of hydrogen-bond donors (Lipinski definition) is 2. The van der Waals surface area contributed by atoms with Crippen molar-refractivity contribution in [2.24, 2.45) is 10.4 Å². The summed E-state index contributed by atoms with van der Waals surface area (Å²) in [6, 6.07) is 7.52. The van der Waals surface area contributed by atoms with Crippen molar-refractivity contribution in [3.05, 3.63) is 68.4 Å². The van der Waals surface area contributed by atoms with Gasteiger partial charge >= 0.3 is 12.1 Å². The van der Waals surface area contributed by atoms with Crippen LogP contribution in [0.15, 0.2) is 45.9 Å². The molecule has 0 aromatic heterocycles. The van der Waals surface area contributed by atoms with E-state index in [1.54, 1.807) is 26.8 Å². The first-order valence-electron chi connectivity index (χ1n) is 12.8. The Labute approximate surface area is 252 Å². The van der Waals surface area contributed by atoms with Gasteiger partial charge in [0.1, 0.15) is 17.0 Å². The van der Waals surface area contributed by atoms with Gasteiger partial charge in [-0.3, -0.25) is 9.69 Å². The monoisotopic (exact) mass is 653 g/mol. The Kier molecular flexibility index (Phi) is 9.57. The molecular weight excluding hydrogens is 621 g/mol. The number of carbonyl (C=O) groups excluding carboxylic acids is 3. The lowest BCUT2D eigenvalue weighted by atomic mass is 9.75. The third-order valence-corrected chi connectivity index (χ3v) is 7.00. The fourth-order valence-electron chi connectivity index (χ4n) is 4.73. The molecule has 9 nitrogen and oxygen atoms in total. The number of carbonyl (C=O) groups is 3. The van der Waals surface area contributed by atoms with Gasteiger partial charge in [0, 0.05) is 10.0 Å². The normalized spacial score (nSPS) is 19.2. The number of nitrogens with one attached hydrogen (secondary N) is 1. The van der Waals surface area contributed by atoms with Crippen molar-refractivity contribution in [3.63, 3.8) is 0 Å². The summed E-state index contributed by atoms with van der Waals surface area (Å²) >= 11 is 9.46. The summed E-state index contributed by atoms with van der Waals surface area (Å²) in [6.07, 6.45) is -0.906. The van der Waals surface area contributed by atoms with Crippen molar-refractivity contribution in [1.29, 1.82) is 0 Å². The lowest BCUT2D eigenvalue weighted by Crippen LogP contribution is -2.47. The van der Waals surface area contributed by atoms with E-state index in [1.807, 2.05) is 20.8 Å². The molecule has 41 heavy (non-hydrogen) atoms. The minimum Gasteiger partial charge on any atom is -0.465 e. The van der Waals surface area contributed by atoms with Crippen LogP contribution in [0.2, 0.25) is 5.02 Å². The van der Waals surface area contributed by atoms with Gasteiger partial charge in [0.05, 0.1) is 30.3 Å². The van der Waals surface area contributed by atoms with Gasteiger partial charge in [0.15, 0.2) is 0 Å². The maximum Gasteiger partial charge on any atom is 0.437 e. The molecule has 0 saturated carbocycles. The van der Waals surface area contributed by atoms with E-state index in [-0.39, 0.29) is 28.5 Å². The number of rotatable bonds is 6. The van der Waals surface area contributed by atoms with Crippen LogP contribution in [0.5, 0.6) is 0 Å². The second-order valence-corrected chi connectivity index (χ2v) is 13.2. The highest BCUT2D eigenvalue weighted by Crippen LogP contribution is 2.43. The predicted octanol–water partition coefficient (Wildman–Crippen LogP) is 6.12. The summed E-state index contributed by atoms with van der Waals surface area (Å²) < 4.78 is 26.2. The Morgan fingerprint density at radius 2 is 1.83 bits per heavy atom. The molecule has 2 aromatic carbocycles. The van der Waals surface area contributed by atoms with Crippen molar-refractivity contribution >= 4 is 51.5 Å². The molecule has 1 fully saturated rings. The zero-order chi connectivity index (χ0) is 30.9. The molecule has 2 aromatic rings. The summed E-state index contributed by atoms with van der Waals surface area (Å²) in [5, 5.41) is 13.7. The number of benzene rings is 2. The van der Waals surface area contributed by atoms with Gasteiger partial charge in [-0.2, -0.15) is 0 Å². The van der Waals surface area contributed by atoms with E-state index in [0.29, 0.717) is 10.0 Å². The molecule has 2 atom stereocenters. The lowest BCUT2D eigenvalue weighted by molar-refractivity contribution is -0.135. The van der Waals surface area contributed by atoms with Gasteiger partial charge in [0.25, 0.3) is 5.91 Å². The molecule has 1 aliphatic heterocycles. The van der Waals surface area contributed by atoms with Gasteiger partial charge in [-0.1, -0.05) is 60.4 Å². The molecular formula is C29H34BrClFN3O6. The van der Waals surface area contributed by atoms with Crippen LogP contribution < -0.4 is 5.32 Å². The summed E-state index contributed by atoms with van der Waals surface area (Å²) in [7, 11) is 1.20. The topological polar surface area (TPSA) is 118 Å². The number of ether oxygens (including phenoxy) is 2. The summed E-state index contributed by atoms with van der Waals surface area (Å²) in [6.45, 7) is 10.0. The number of aliphatic hydroxyl groups is 1. The van der Waals surface area contributed by atoms with Crippen molar-refractivity contribution < 1.29 is 33.4 Å². The highest BCUT2D eigenvalue weighted by molar-refractivity contribution is 9.10. The summed E-state index contributed by atoms with van der Waals surface area (Å²) in [4.78, 5) is 44.9. The van der Waals surface area contributed by atoms with Crippen molar-refractivity contribution in [2.45, 2.75) is 65.1 Å². The highest BCUT2D eigenvalue weighted by atomic mass is 79.9. The minimum atomic E-state index is -1.71. The fourth-order valence-corrected chi connectivity index (χ4v) is 5.26. The molecule has 222 valence electrons. The Hall–Kier alpha value is -3.02. The predicted molar refractivity (Wildman–Crippen MR) is 156 cm³/mol. The van der Waals surface area contributed by atoms with Gasteiger partial charge < -0.3 is 19.9 Å². The second kappa shape index (κ2) is 12.1. The number of hydrogen-bond acceptors (Lipinski definition) is 6. The van der Waals surface area contributed by atoms with Gasteiger partial charge in [-0.25, -0.2) is 14.0 Å². The second-order valence-electron chi connectivity index (χ2n) is 11.9. The quantitative estimate of drug-likeness (QED) is 0.361. The first kappa shape index (κ1) is 32.5. The van der Waals surface area contributed by atoms with Crippen LogP contribution >= 0.6 is 27.5 Å². The number of methoxy groups -OCH3 is 1. The largest absolute Gasteiger partial charge is 0.465 e. The van der Waals surface area contributed by atoms with E-state index in [4.69, 9.17) is 21.1 Å². The molecule has 12 heteroatoms. The van der Waals surface area contributed by atoms with E-state index in [1.165, 1.54) is 37.4 Å². The average Bonchev–Trinajstić information content (AvgIpc) is 3.08. The molecule has 0 radical (unpaired) electrons. The zero-order valence-corrected chi connectivity index (χ0v) is 26.3. The van der Waals surface area contributed by atoms with E-state index in [2.05, 4.69) is 26.2 Å².